The van der Waals surface area contributed by atoms with Gasteiger partial charge in [0.15, 0.2) is 0 Å². The van der Waals surface area contributed by atoms with Crippen molar-refractivity contribution in [2.75, 3.05) is 13.2 Å². The molecule has 0 spiro atoms. The van der Waals surface area contributed by atoms with Gasteiger partial charge < -0.3 is 38.5 Å². The molecule has 1 N–H and O–H groups in total. The number of esters is 5. The molecular formula is C42H42N4O18. The van der Waals surface area contributed by atoms with Crippen molar-refractivity contribution in [3.8, 4) is 35.1 Å². The van der Waals surface area contributed by atoms with Crippen molar-refractivity contribution >= 4 is 35.8 Å². The van der Waals surface area contributed by atoms with Gasteiger partial charge in [-0.3, -0.25) is 14.4 Å². The van der Waals surface area contributed by atoms with Crippen molar-refractivity contribution in [2.24, 2.45) is 0 Å². The number of para-hydroxylation sites is 3. The van der Waals surface area contributed by atoms with Crippen LogP contribution < -0.4 is 18.9 Å². The van der Waals surface area contributed by atoms with Crippen LogP contribution in [0, 0.1) is 42.9 Å². The van der Waals surface area contributed by atoms with Gasteiger partial charge in [0.2, 0.25) is 0 Å². The minimum Gasteiger partial charge on any atom is -0.478 e. The summed E-state index contributed by atoms with van der Waals surface area (Å²) in [6.07, 6.45) is 0.815. The minimum atomic E-state index is -1.11. The van der Waals surface area contributed by atoms with E-state index >= 15 is 0 Å². The summed E-state index contributed by atoms with van der Waals surface area (Å²) in [6.45, 7) is 6.32. The average molecular weight is 891 g/mol. The van der Waals surface area contributed by atoms with Gasteiger partial charge in [-0.15, -0.1) is 20.2 Å². The molecule has 0 atom stereocenters. The number of carbonyl (C=O) groups is 6. The minimum absolute atomic E-state index is 0.0160. The van der Waals surface area contributed by atoms with E-state index < -0.39 is 46.0 Å². The van der Waals surface area contributed by atoms with E-state index in [1.54, 1.807) is 60.7 Å². The van der Waals surface area contributed by atoms with Crippen LogP contribution in [-0.2, 0) is 35.4 Å². The molecule has 0 saturated carbocycles. The Morgan fingerprint density at radius 2 is 0.984 bits per heavy atom. The molecule has 22 nitrogen and oxygen atoms in total. The van der Waals surface area contributed by atoms with E-state index in [9.17, 15) is 49.0 Å². The molecule has 4 aromatic carbocycles. The maximum atomic E-state index is 12.2. The van der Waals surface area contributed by atoms with Crippen LogP contribution in [0.2, 0.25) is 0 Å². The van der Waals surface area contributed by atoms with Crippen LogP contribution in [0.3, 0.4) is 0 Å². The standard InChI is InChI=1S/C16H13NO7.C13H15NO7.C9H8O4.2C2H3N/c1-11(18)23-15-8-3-2-7-14(15)16(19)24-13-6-4-5-12(9-13)10-22-17(20)21;1-10(15)21-12-7-3-2-6-11(12)13(16)19-8-4-5-9-20-14(17)18;1-6(10)13-8-5-3-2-4-7(8)9(11)12;2*1-2-3/h2-9H,10H2,1H3;2-3,6-7H,4-5,8-9H2,1H3;2-5H,1H3,(H,11,12);2*1H3. The molecule has 0 unspecified atom stereocenters. The molecule has 64 heavy (non-hydrogen) atoms. The van der Waals surface area contributed by atoms with E-state index in [4.69, 9.17) is 34.6 Å². The molecule has 22 heteroatoms. The number of unbranched alkanes of at least 4 members (excludes halogenated alkanes) is 1. The molecule has 0 saturated heterocycles. The number of nitriles is 2. The number of carboxylic acid groups (broad SMARTS) is 1. The third-order valence-corrected chi connectivity index (χ3v) is 6.51. The number of ether oxygens (including phenoxy) is 5. The Balaban J connectivity index is 0.000000903. The summed E-state index contributed by atoms with van der Waals surface area (Å²) < 4.78 is 24.8. The van der Waals surface area contributed by atoms with Crippen LogP contribution in [0.4, 0.5) is 0 Å². The smallest absolute Gasteiger partial charge is 0.347 e. The summed E-state index contributed by atoms with van der Waals surface area (Å²) in [5, 5.41) is 41.7. The SMILES string of the molecule is CC#N.CC#N.CC(=O)Oc1ccccc1C(=O)O.CC(=O)Oc1ccccc1C(=O)OCCCCO[N+](=O)[O-].CC(=O)Oc1ccccc1C(=O)Oc1cccc(CO[N+](=O)[O-])c1. The van der Waals surface area contributed by atoms with E-state index in [2.05, 4.69) is 14.4 Å². The maximum absolute atomic E-state index is 12.2. The lowest BCUT2D eigenvalue weighted by molar-refractivity contribution is -0.763. The Morgan fingerprint density at radius 1 is 0.578 bits per heavy atom. The van der Waals surface area contributed by atoms with Crippen molar-refractivity contribution in [2.45, 2.75) is 54.1 Å². The Hall–Kier alpha value is -8.92. The Morgan fingerprint density at radius 3 is 1.42 bits per heavy atom. The zero-order valence-corrected chi connectivity index (χ0v) is 34.9. The number of carboxylic acids is 1. The predicted molar refractivity (Wildman–Crippen MR) is 218 cm³/mol. The second kappa shape index (κ2) is 31.9. The molecule has 0 aliphatic heterocycles. The molecule has 0 heterocycles. The monoisotopic (exact) mass is 890 g/mol. The van der Waals surface area contributed by atoms with Crippen molar-refractivity contribution < 1.29 is 77.4 Å². The van der Waals surface area contributed by atoms with E-state index in [1.165, 1.54) is 83.1 Å². The molecule has 4 rings (SSSR count). The number of rotatable bonds is 16. The molecule has 0 radical (unpaired) electrons. The molecule has 0 bridgehead atoms. The van der Waals surface area contributed by atoms with Crippen LogP contribution >= 0.6 is 0 Å². The normalized spacial score (nSPS) is 9.05. The highest BCUT2D eigenvalue weighted by molar-refractivity contribution is 5.95. The topological polar surface area (TPSA) is 321 Å². The predicted octanol–water partition coefficient (Wildman–Crippen LogP) is 6.67. The second-order valence-corrected chi connectivity index (χ2v) is 11.5. The van der Waals surface area contributed by atoms with Crippen LogP contribution in [0.25, 0.3) is 0 Å². The number of carbonyl (C=O) groups excluding carboxylic acids is 5. The van der Waals surface area contributed by atoms with Crippen LogP contribution in [0.5, 0.6) is 23.0 Å². The summed E-state index contributed by atoms with van der Waals surface area (Å²) in [7, 11) is 0. The van der Waals surface area contributed by atoms with Crippen LogP contribution in [-0.4, -0.2) is 64.3 Å². The summed E-state index contributed by atoms with van der Waals surface area (Å²) in [6, 6.07) is 28.0. The summed E-state index contributed by atoms with van der Waals surface area (Å²) in [5.74, 6) is -3.62. The van der Waals surface area contributed by atoms with E-state index in [0.717, 1.165) is 0 Å². The zero-order chi connectivity index (χ0) is 48.5. The molecule has 0 aliphatic carbocycles. The molecule has 4 aromatic rings. The van der Waals surface area contributed by atoms with Gasteiger partial charge in [0.1, 0.15) is 46.3 Å². The fourth-order valence-corrected chi connectivity index (χ4v) is 4.22. The maximum Gasteiger partial charge on any atom is 0.347 e. The quantitative estimate of drug-likeness (QED) is 0.0403. The number of aromatic carboxylic acids is 1. The van der Waals surface area contributed by atoms with Gasteiger partial charge in [0, 0.05) is 34.6 Å². The number of benzene rings is 4. The first-order valence-corrected chi connectivity index (χ1v) is 18.1. The first-order valence-electron chi connectivity index (χ1n) is 18.1. The highest BCUT2D eigenvalue weighted by Crippen LogP contribution is 2.23. The molecule has 0 amide bonds. The largest absolute Gasteiger partial charge is 0.478 e. The lowest BCUT2D eigenvalue weighted by atomic mass is 10.2. The van der Waals surface area contributed by atoms with Gasteiger partial charge in [-0.05, 0) is 66.9 Å². The fourth-order valence-electron chi connectivity index (χ4n) is 4.22. The summed E-state index contributed by atoms with van der Waals surface area (Å²) in [4.78, 5) is 95.8. The molecule has 0 fully saturated rings. The lowest BCUT2D eigenvalue weighted by Crippen LogP contribution is -2.12. The van der Waals surface area contributed by atoms with Crippen molar-refractivity contribution in [3.05, 3.63) is 140 Å². The fraction of sp³-hybridized carbons (Fsp3) is 0.238. The second-order valence-electron chi connectivity index (χ2n) is 11.5. The number of nitrogens with zero attached hydrogens (tertiary/aromatic N) is 4. The molecule has 338 valence electrons. The van der Waals surface area contributed by atoms with E-state index in [-0.39, 0.29) is 59.5 Å². The molecular weight excluding hydrogens is 848 g/mol. The summed E-state index contributed by atoms with van der Waals surface area (Å²) >= 11 is 0. The van der Waals surface area contributed by atoms with Gasteiger partial charge in [0.05, 0.1) is 25.4 Å². The van der Waals surface area contributed by atoms with Crippen molar-refractivity contribution in [1.82, 2.24) is 0 Å². The van der Waals surface area contributed by atoms with Crippen molar-refractivity contribution in [1.29, 1.82) is 10.5 Å². The third-order valence-electron chi connectivity index (χ3n) is 6.51. The average Bonchev–Trinajstić information content (AvgIpc) is 3.22. The first-order chi connectivity index (χ1) is 30.4. The number of hydrogen-bond acceptors (Lipinski definition) is 19. The van der Waals surface area contributed by atoms with Crippen molar-refractivity contribution in [3.63, 3.8) is 0 Å². The van der Waals surface area contributed by atoms with Gasteiger partial charge >= 0.3 is 35.8 Å². The van der Waals surface area contributed by atoms with Gasteiger partial charge in [-0.25, -0.2) is 14.4 Å². The van der Waals surface area contributed by atoms with E-state index in [0.29, 0.717) is 18.4 Å². The third kappa shape index (κ3) is 24.9. The van der Waals surface area contributed by atoms with E-state index in [1.807, 2.05) is 0 Å². The summed E-state index contributed by atoms with van der Waals surface area (Å²) in [5.41, 5.74) is 0.678. The molecule has 0 aliphatic rings. The lowest BCUT2D eigenvalue weighted by Gasteiger charge is -2.09. The zero-order valence-electron chi connectivity index (χ0n) is 34.9. The van der Waals surface area contributed by atoms with Gasteiger partial charge in [-0.1, -0.05) is 48.5 Å². The van der Waals surface area contributed by atoms with Crippen LogP contribution in [0.15, 0.2) is 97.1 Å². The Kier molecular flexibility index (Phi) is 27.5. The molecule has 0 aromatic heterocycles. The van der Waals surface area contributed by atoms with Gasteiger partial charge in [-0.2, -0.15) is 10.5 Å². The first kappa shape index (κ1) is 55.1. The highest BCUT2D eigenvalue weighted by Gasteiger charge is 2.17. The number of hydrogen-bond donors (Lipinski definition) is 1. The van der Waals surface area contributed by atoms with Crippen LogP contribution in [0.1, 0.15) is 84.1 Å². The van der Waals surface area contributed by atoms with Gasteiger partial charge in [0.25, 0.3) is 10.2 Å². The Bertz CT molecular complexity index is 2270. The Labute approximate surface area is 365 Å². The highest BCUT2D eigenvalue weighted by atomic mass is 17.0.